The highest BCUT2D eigenvalue weighted by Crippen LogP contribution is 2.40. The van der Waals surface area contributed by atoms with Gasteiger partial charge in [0.2, 0.25) is 17.7 Å². The van der Waals surface area contributed by atoms with Gasteiger partial charge in [-0.2, -0.15) is 0 Å². The van der Waals surface area contributed by atoms with Crippen molar-refractivity contribution in [1.82, 2.24) is 15.1 Å². The maximum Gasteiger partial charge on any atom is 0.227 e. The fourth-order valence-electron chi connectivity index (χ4n) is 4.16. The molecule has 3 amide bonds. The first kappa shape index (κ1) is 15.5. The Hall–Kier alpha value is -1.43. The van der Waals surface area contributed by atoms with Gasteiger partial charge >= 0.3 is 0 Å². The second kappa shape index (κ2) is 5.99. The molecule has 3 heterocycles. The normalized spacial score (nSPS) is 29.8. The van der Waals surface area contributed by atoms with Crippen molar-refractivity contribution in [2.45, 2.75) is 38.5 Å². The summed E-state index contributed by atoms with van der Waals surface area (Å²) in [6.07, 6.45) is 4.47. The van der Waals surface area contributed by atoms with Crippen LogP contribution >= 0.6 is 0 Å². The van der Waals surface area contributed by atoms with Crippen LogP contribution < -0.4 is 5.32 Å². The lowest BCUT2D eigenvalue weighted by Crippen LogP contribution is -2.51. The third-order valence-corrected chi connectivity index (χ3v) is 5.51. The minimum absolute atomic E-state index is 0.102. The third kappa shape index (κ3) is 3.32. The number of amides is 3. The zero-order valence-corrected chi connectivity index (χ0v) is 13.3. The van der Waals surface area contributed by atoms with Crippen molar-refractivity contribution in [1.29, 1.82) is 0 Å². The van der Waals surface area contributed by atoms with Crippen LogP contribution in [0.3, 0.4) is 0 Å². The molecule has 0 bridgehead atoms. The molecule has 22 heavy (non-hydrogen) atoms. The molecule has 3 aliphatic heterocycles. The topological polar surface area (TPSA) is 69.7 Å². The zero-order chi connectivity index (χ0) is 15.7. The maximum absolute atomic E-state index is 11.6. The molecule has 1 N–H and O–H groups in total. The molecule has 0 aliphatic carbocycles. The first-order valence-electron chi connectivity index (χ1n) is 8.25. The van der Waals surface area contributed by atoms with Crippen LogP contribution in [0.4, 0.5) is 0 Å². The molecule has 0 aromatic carbocycles. The van der Waals surface area contributed by atoms with E-state index >= 15 is 0 Å². The number of hydrogen-bond acceptors (Lipinski definition) is 4. The van der Waals surface area contributed by atoms with E-state index in [4.69, 9.17) is 0 Å². The lowest BCUT2D eigenvalue weighted by Gasteiger charge is -2.44. The van der Waals surface area contributed by atoms with Crippen LogP contribution in [0.15, 0.2) is 0 Å². The fraction of sp³-hybridized carbons (Fsp3) is 0.812. The summed E-state index contributed by atoms with van der Waals surface area (Å²) >= 11 is 0. The van der Waals surface area contributed by atoms with Gasteiger partial charge in [-0.05, 0) is 43.7 Å². The van der Waals surface area contributed by atoms with E-state index in [1.165, 1.54) is 0 Å². The molecule has 3 fully saturated rings. The number of rotatable bonds is 2. The molecular weight excluding hydrogens is 282 g/mol. The largest absolute Gasteiger partial charge is 0.345 e. The second-order valence-corrected chi connectivity index (χ2v) is 7.30. The van der Waals surface area contributed by atoms with E-state index in [1.807, 2.05) is 11.9 Å². The lowest BCUT2D eigenvalue weighted by molar-refractivity contribution is -0.139. The van der Waals surface area contributed by atoms with E-state index in [-0.39, 0.29) is 23.1 Å². The van der Waals surface area contributed by atoms with Gasteiger partial charge in [-0.3, -0.25) is 19.7 Å². The van der Waals surface area contributed by atoms with E-state index in [0.717, 1.165) is 45.4 Å². The van der Waals surface area contributed by atoms with Crippen molar-refractivity contribution in [3.05, 3.63) is 0 Å². The number of piperidine rings is 3. The molecule has 1 spiro atoms. The summed E-state index contributed by atoms with van der Waals surface area (Å²) in [6, 6.07) is 0. The van der Waals surface area contributed by atoms with Gasteiger partial charge in [0.05, 0.1) is 0 Å². The number of hydrogen-bond donors (Lipinski definition) is 1. The molecule has 3 rings (SSSR count). The van der Waals surface area contributed by atoms with Gasteiger partial charge in [-0.15, -0.1) is 0 Å². The number of imide groups is 1. The van der Waals surface area contributed by atoms with E-state index in [0.29, 0.717) is 25.2 Å². The second-order valence-electron chi connectivity index (χ2n) is 7.30. The van der Waals surface area contributed by atoms with Gasteiger partial charge in [-0.25, -0.2) is 0 Å². The van der Waals surface area contributed by atoms with Crippen molar-refractivity contribution >= 4 is 17.7 Å². The summed E-state index contributed by atoms with van der Waals surface area (Å²) < 4.78 is 0. The summed E-state index contributed by atoms with van der Waals surface area (Å²) in [4.78, 5) is 39.1. The van der Waals surface area contributed by atoms with E-state index in [9.17, 15) is 14.4 Å². The average Bonchev–Trinajstić information content (AvgIpc) is 2.44. The molecule has 122 valence electrons. The van der Waals surface area contributed by atoms with Crippen LogP contribution in [-0.4, -0.2) is 60.7 Å². The Balaban J connectivity index is 1.50. The van der Waals surface area contributed by atoms with Crippen LogP contribution in [-0.2, 0) is 14.4 Å². The van der Waals surface area contributed by atoms with Crippen LogP contribution in [0.25, 0.3) is 0 Å². The monoisotopic (exact) mass is 307 g/mol. The Bertz CT molecular complexity index is 465. The van der Waals surface area contributed by atoms with Gasteiger partial charge in [0.25, 0.3) is 0 Å². The predicted molar refractivity (Wildman–Crippen MR) is 80.9 cm³/mol. The Labute approximate surface area is 131 Å². The molecule has 0 aromatic rings. The summed E-state index contributed by atoms with van der Waals surface area (Å²) in [6.45, 7) is 3.78. The lowest BCUT2D eigenvalue weighted by atomic mass is 9.71. The van der Waals surface area contributed by atoms with Crippen molar-refractivity contribution in [3.63, 3.8) is 0 Å². The van der Waals surface area contributed by atoms with Crippen LogP contribution in [0.2, 0.25) is 0 Å². The summed E-state index contributed by atoms with van der Waals surface area (Å²) in [5.74, 6) is 0.572. The van der Waals surface area contributed by atoms with Gasteiger partial charge in [0.1, 0.15) is 0 Å². The third-order valence-electron chi connectivity index (χ3n) is 5.51. The Morgan fingerprint density at radius 1 is 1.14 bits per heavy atom. The zero-order valence-electron chi connectivity index (χ0n) is 13.3. The highest BCUT2D eigenvalue weighted by molar-refractivity contribution is 5.98. The minimum atomic E-state index is -0.114. The van der Waals surface area contributed by atoms with Crippen LogP contribution in [0, 0.1) is 11.3 Å². The van der Waals surface area contributed by atoms with Gasteiger partial charge in [0.15, 0.2) is 0 Å². The van der Waals surface area contributed by atoms with Crippen LogP contribution in [0.5, 0.6) is 0 Å². The Morgan fingerprint density at radius 3 is 2.36 bits per heavy atom. The smallest absolute Gasteiger partial charge is 0.227 e. The molecule has 0 radical (unpaired) electrons. The molecule has 6 nitrogen and oxygen atoms in total. The highest BCUT2D eigenvalue weighted by Gasteiger charge is 2.42. The van der Waals surface area contributed by atoms with Crippen molar-refractivity contribution in [3.8, 4) is 0 Å². The first-order chi connectivity index (χ1) is 10.5. The van der Waals surface area contributed by atoms with Crippen molar-refractivity contribution < 1.29 is 14.4 Å². The fourth-order valence-corrected chi connectivity index (χ4v) is 4.16. The quantitative estimate of drug-likeness (QED) is 0.749. The van der Waals surface area contributed by atoms with Gasteiger partial charge < -0.3 is 9.80 Å². The highest BCUT2D eigenvalue weighted by atomic mass is 16.2. The Morgan fingerprint density at radius 2 is 1.77 bits per heavy atom. The van der Waals surface area contributed by atoms with Gasteiger partial charge in [-0.1, -0.05) is 0 Å². The van der Waals surface area contributed by atoms with Crippen molar-refractivity contribution in [2.75, 3.05) is 33.2 Å². The summed E-state index contributed by atoms with van der Waals surface area (Å²) in [7, 11) is 1.88. The predicted octanol–water partition coefficient (Wildman–Crippen LogP) is 0.374. The maximum atomic E-state index is 11.6. The number of carbonyl (C=O) groups excluding carboxylic acids is 3. The van der Waals surface area contributed by atoms with Crippen LogP contribution in [0.1, 0.15) is 38.5 Å². The first-order valence-corrected chi connectivity index (χ1v) is 8.25. The molecule has 6 heteroatoms. The number of likely N-dealkylation sites (tertiary alicyclic amines) is 2. The van der Waals surface area contributed by atoms with Crippen molar-refractivity contribution in [2.24, 2.45) is 11.3 Å². The number of nitrogens with one attached hydrogen (secondary N) is 1. The van der Waals surface area contributed by atoms with E-state index < -0.39 is 0 Å². The minimum Gasteiger partial charge on any atom is -0.345 e. The molecular formula is C16H25N3O3. The summed E-state index contributed by atoms with van der Waals surface area (Å²) in [5.41, 5.74) is -0.102. The standard InChI is InChI=1S/C16H25N3O3/c1-18-10-12(2-3-15(18)22)11-19-6-4-16(5-7-19)8-13(20)17-14(21)9-16/h12H,2-11H2,1H3,(H,17,20,21). The summed E-state index contributed by atoms with van der Waals surface area (Å²) in [5, 5.41) is 2.41. The SMILES string of the molecule is CN1CC(CN2CCC3(CC2)CC(=O)NC(=O)C3)CCC1=O. The number of carbonyl (C=O) groups is 3. The molecule has 0 saturated carbocycles. The average molecular weight is 307 g/mol. The number of nitrogens with zero attached hydrogens (tertiary/aromatic N) is 2. The van der Waals surface area contributed by atoms with E-state index in [1.54, 1.807) is 0 Å². The van der Waals surface area contributed by atoms with E-state index in [2.05, 4.69) is 10.2 Å². The molecule has 3 aliphatic rings. The molecule has 1 unspecified atom stereocenters. The molecule has 0 aromatic heterocycles. The molecule has 1 atom stereocenters. The molecule has 3 saturated heterocycles. The van der Waals surface area contributed by atoms with Gasteiger partial charge in [0, 0.05) is 39.4 Å². The Kier molecular flexibility index (Phi) is 4.21.